The second-order valence-corrected chi connectivity index (χ2v) is 8.40. The number of nitrogens with one attached hydrogen (secondary N) is 2. The van der Waals surface area contributed by atoms with E-state index in [0.717, 1.165) is 11.3 Å². The minimum absolute atomic E-state index is 0.0472. The van der Waals surface area contributed by atoms with Crippen LogP contribution in [0, 0.1) is 11.7 Å². The number of aromatic amines is 1. The van der Waals surface area contributed by atoms with Gasteiger partial charge in [-0.15, -0.1) is 0 Å². The molecule has 0 spiro atoms. The van der Waals surface area contributed by atoms with E-state index >= 15 is 0 Å². The Labute approximate surface area is 201 Å². The fourth-order valence-corrected chi connectivity index (χ4v) is 4.04. The largest absolute Gasteiger partial charge is 0.497 e. The van der Waals surface area contributed by atoms with Gasteiger partial charge in [-0.05, 0) is 43.4 Å². The predicted octanol–water partition coefficient (Wildman–Crippen LogP) is 2.09. The molecule has 2 aromatic heterocycles. The monoisotopic (exact) mass is 485 g/mol. The van der Waals surface area contributed by atoms with E-state index in [1.165, 1.54) is 0 Å². The normalized spacial score (nSPS) is 14.2. The lowest BCUT2D eigenvalue weighted by Crippen LogP contribution is -2.50. The number of ether oxygens (including phenoxy) is 1. The van der Waals surface area contributed by atoms with Gasteiger partial charge in [-0.25, -0.2) is 0 Å². The molecule has 1 aromatic carbocycles. The Bertz CT molecular complexity index is 1190. The Kier molecular flexibility index (Phi) is 7.38. The van der Waals surface area contributed by atoms with Crippen LogP contribution in [0.1, 0.15) is 12.2 Å². The predicted molar refractivity (Wildman–Crippen MR) is 127 cm³/mol. The van der Waals surface area contributed by atoms with Crippen molar-refractivity contribution in [3.05, 3.63) is 40.9 Å². The Morgan fingerprint density at radius 3 is 2.59 bits per heavy atom. The number of nitrogens with zero attached hydrogens (tertiary/aromatic N) is 5. The number of aromatic nitrogens is 4. The van der Waals surface area contributed by atoms with Crippen molar-refractivity contribution in [3.8, 4) is 17.1 Å². The van der Waals surface area contributed by atoms with Crippen LogP contribution in [-0.4, -0.2) is 81.4 Å². The summed E-state index contributed by atoms with van der Waals surface area (Å²) in [5.74, 6) is 2.36. The van der Waals surface area contributed by atoms with Gasteiger partial charge in [-0.1, -0.05) is 5.16 Å². The highest BCUT2D eigenvalue weighted by molar-refractivity contribution is 7.71. The summed E-state index contributed by atoms with van der Waals surface area (Å²) in [5, 5.41) is 13.6. The lowest BCUT2D eigenvalue weighted by molar-refractivity contribution is -0.133. The van der Waals surface area contributed by atoms with Gasteiger partial charge in [-0.3, -0.25) is 24.2 Å². The summed E-state index contributed by atoms with van der Waals surface area (Å²) in [6.07, 6.45) is 0.309. The van der Waals surface area contributed by atoms with Gasteiger partial charge < -0.3 is 19.5 Å². The van der Waals surface area contributed by atoms with Crippen molar-refractivity contribution in [1.29, 1.82) is 0 Å². The van der Waals surface area contributed by atoms with Gasteiger partial charge in [0.25, 0.3) is 0 Å². The van der Waals surface area contributed by atoms with E-state index in [1.54, 1.807) is 20.1 Å². The van der Waals surface area contributed by atoms with Crippen molar-refractivity contribution < 1.29 is 18.8 Å². The van der Waals surface area contributed by atoms with Crippen molar-refractivity contribution in [2.45, 2.75) is 19.9 Å². The summed E-state index contributed by atoms with van der Waals surface area (Å²) in [4.78, 5) is 28.9. The van der Waals surface area contributed by atoms with E-state index in [9.17, 15) is 9.59 Å². The maximum Gasteiger partial charge on any atom is 0.239 e. The number of anilines is 1. The number of amides is 2. The minimum atomic E-state index is -0.159. The van der Waals surface area contributed by atoms with Gasteiger partial charge in [0.15, 0.2) is 16.4 Å². The first-order chi connectivity index (χ1) is 16.4. The molecule has 0 unspecified atom stereocenters. The number of benzene rings is 1. The van der Waals surface area contributed by atoms with Crippen LogP contribution in [-0.2, 0) is 16.1 Å². The molecule has 3 aromatic rings. The molecule has 1 saturated heterocycles. The van der Waals surface area contributed by atoms with Crippen LogP contribution in [0.2, 0.25) is 0 Å². The van der Waals surface area contributed by atoms with E-state index in [-0.39, 0.29) is 18.4 Å². The lowest BCUT2D eigenvalue weighted by atomic mass is 10.2. The van der Waals surface area contributed by atoms with Crippen LogP contribution in [0.4, 0.5) is 5.82 Å². The highest BCUT2D eigenvalue weighted by Crippen LogP contribution is 2.21. The fraction of sp³-hybridized carbons (Fsp3) is 0.409. The smallest absolute Gasteiger partial charge is 0.239 e. The van der Waals surface area contributed by atoms with Crippen molar-refractivity contribution in [3.63, 3.8) is 0 Å². The van der Waals surface area contributed by atoms with Crippen molar-refractivity contribution in [2.75, 3.05) is 45.2 Å². The maximum absolute atomic E-state index is 12.8. The quantitative estimate of drug-likeness (QED) is 0.465. The first kappa shape index (κ1) is 23.6. The summed E-state index contributed by atoms with van der Waals surface area (Å²) >= 11 is 5.37. The third-order valence-electron chi connectivity index (χ3n) is 5.64. The second-order valence-electron chi connectivity index (χ2n) is 8.01. The number of hydrogen-bond acceptors (Lipinski definition) is 8. The Morgan fingerprint density at radius 2 is 1.94 bits per heavy atom. The fourth-order valence-electron chi connectivity index (χ4n) is 3.82. The van der Waals surface area contributed by atoms with E-state index < -0.39 is 0 Å². The van der Waals surface area contributed by atoms with E-state index in [0.29, 0.717) is 61.3 Å². The molecule has 3 heterocycles. The molecule has 1 aliphatic heterocycles. The molecule has 1 fully saturated rings. The van der Waals surface area contributed by atoms with Gasteiger partial charge in [0.05, 0.1) is 13.7 Å². The molecule has 0 aliphatic carbocycles. The first-order valence-corrected chi connectivity index (χ1v) is 11.4. The van der Waals surface area contributed by atoms with Crippen molar-refractivity contribution >= 4 is 29.9 Å². The molecule has 12 heteroatoms. The molecule has 0 atom stereocenters. The highest BCUT2D eigenvalue weighted by atomic mass is 32.1. The number of rotatable bonds is 8. The highest BCUT2D eigenvalue weighted by Gasteiger charge is 2.23. The standard InChI is InChI=1S/C22H27N7O4S/c1-15-13-18(26-33-15)23-19(30)14-27-9-11-28(12-10-27)20(31)7-8-29-21(24-25-22(29)34)16-3-5-17(32-2)6-4-16/h3-6,13H,7-12,14H2,1-2H3,(H,25,34)(H,23,26,30). The van der Waals surface area contributed by atoms with Crippen LogP contribution in [0.25, 0.3) is 11.4 Å². The molecule has 4 rings (SSSR count). The number of hydrogen-bond donors (Lipinski definition) is 2. The van der Waals surface area contributed by atoms with Crippen LogP contribution >= 0.6 is 12.2 Å². The van der Waals surface area contributed by atoms with E-state index in [4.69, 9.17) is 21.5 Å². The number of carbonyl (C=O) groups is 2. The third-order valence-corrected chi connectivity index (χ3v) is 5.96. The lowest BCUT2D eigenvalue weighted by Gasteiger charge is -2.34. The van der Waals surface area contributed by atoms with Crippen LogP contribution in [0.15, 0.2) is 34.9 Å². The number of H-pyrrole nitrogens is 1. The molecule has 2 N–H and O–H groups in total. The molecule has 0 radical (unpaired) electrons. The Balaban J connectivity index is 1.26. The molecular weight excluding hydrogens is 458 g/mol. The zero-order chi connectivity index (χ0) is 24.1. The van der Waals surface area contributed by atoms with Crippen LogP contribution < -0.4 is 10.1 Å². The third kappa shape index (κ3) is 5.69. The SMILES string of the molecule is COc1ccc(-c2n[nH]c(=S)n2CCC(=O)N2CCN(CC(=O)Nc3cc(C)on3)CC2)cc1. The number of methoxy groups -OCH3 is 1. The topological polar surface area (TPSA) is 122 Å². The van der Waals surface area contributed by atoms with Crippen LogP contribution in [0.3, 0.4) is 0 Å². The molecule has 0 bridgehead atoms. The maximum atomic E-state index is 12.8. The molecule has 0 saturated carbocycles. The van der Waals surface area contributed by atoms with Gasteiger partial charge in [-0.2, -0.15) is 5.10 Å². The summed E-state index contributed by atoms with van der Waals surface area (Å²) in [7, 11) is 1.62. The summed E-state index contributed by atoms with van der Waals surface area (Å²) < 4.78 is 12.5. The zero-order valence-electron chi connectivity index (χ0n) is 19.1. The van der Waals surface area contributed by atoms with E-state index in [2.05, 4.69) is 20.7 Å². The second kappa shape index (κ2) is 10.6. The number of carbonyl (C=O) groups excluding carboxylic acids is 2. The molecule has 1 aliphatic rings. The summed E-state index contributed by atoms with van der Waals surface area (Å²) in [5.41, 5.74) is 0.883. The molecule has 34 heavy (non-hydrogen) atoms. The number of piperazine rings is 1. The van der Waals surface area contributed by atoms with Crippen molar-refractivity contribution in [1.82, 2.24) is 29.7 Å². The van der Waals surface area contributed by atoms with Gasteiger partial charge in [0, 0.05) is 50.8 Å². The van der Waals surface area contributed by atoms with E-state index in [1.807, 2.05) is 38.6 Å². The zero-order valence-corrected chi connectivity index (χ0v) is 19.9. The van der Waals surface area contributed by atoms with Gasteiger partial charge >= 0.3 is 0 Å². The number of aryl methyl sites for hydroxylation is 1. The Morgan fingerprint density at radius 1 is 1.21 bits per heavy atom. The van der Waals surface area contributed by atoms with Gasteiger partial charge in [0.1, 0.15) is 11.5 Å². The van der Waals surface area contributed by atoms with Crippen LogP contribution in [0.5, 0.6) is 5.75 Å². The van der Waals surface area contributed by atoms with Gasteiger partial charge in [0.2, 0.25) is 11.8 Å². The minimum Gasteiger partial charge on any atom is -0.497 e. The average Bonchev–Trinajstić information content (AvgIpc) is 3.42. The molecule has 11 nitrogen and oxygen atoms in total. The van der Waals surface area contributed by atoms with Crippen molar-refractivity contribution in [2.24, 2.45) is 0 Å². The molecule has 2 amide bonds. The molecular formula is C22H27N7O4S. The Hall–Kier alpha value is -3.51. The average molecular weight is 486 g/mol. The molecule has 180 valence electrons. The summed E-state index contributed by atoms with van der Waals surface area (Å²) in [6.45, 7) is 4.81. The first-order valence-electron chi connectivity index (χ1n) is 11.0. The summed E-state index contributed by atoms with van der Waals surface area (Å²) in [6, 6.07) is 9.19.